The molecule has 0 spiro atoms. The number of benzene rings is 1. The van der Waals surface area contributed by atoms with Crippen LogP contribution in [0.3, 0.4) is 0 Å². The van der Waals surface area contributed by atoms with Crippen molar-refractivity contribution in [3.05, 3.63) is 47.8 Å². The highest BCUT2D eigenvalue weighted by atomic mass is 32.2. The zero-order valence-corrected chi connectivity index (χ0v) is 17.6. The number of nitrogens with zero attached hydrogens (tertiary/aromatic N) is 5. The molecule has 9 nitrogen and oxygen atoms in total. The standard InChI is InChI=1S/C19H25N5O4S/c1-15(25)23-7-9-24(10-8-23)29(27,28)18-6-4-5-17(11-18)19(26)21(2)13-16-12-20-22(3)14-16/h4-6,11-12,14H,7-10,13H2,1-3H3. The van der Waals surface area contributed by atoms with E-state index in [0.717, 1.165) is 5.56 Å². The summed E-state index contributed by atoms with van der Waals surface area (Å²) < 4.78 is 29.0. The van der Waals surface area contributed by atoms with Crippen molar-refractivity contribution in [1.29, 1.82) is 0 Å². The summed E-state index contributed by atoms with van der Waals surface area (Å²) in [6, 6.07) is 6.08. The van der Waals surface area contributed by atoms with Gasteiger partial charge in [0.2, 0.25) is 15.9 Å². The van der Waals surface area contributed by atoms with E-state index in [-0.39, 0.29) is 29.8 Å². The fourth-order valence-electron chi connectivity index (χ4n) is 3.30. The van der Waals surface area contributed by atoms with Gasteiger partial charge in [-0.25, -0.2) is 8.42 Å². The molecule has 156 valence electrons. The first-order valence-corrected chi connectivity index (χ1v) is 10.7. The Hall–Kier alpha value is -2.72. The number of rotatable bonds is 5. The highest BCUT2D eigenvalue weighted by molar-refractivity contribution is 7.89. The average molecular weight is 420 g/mol. The molecule has 0 aliphatic carbocycles. The molecule has 0 atom stereocenters. The van der Waals surface area contributed by atoms with E-state index in [4.69, 9.17) is 0 Å². The maximum Gasteiger partial charge on any atom is 0.253 e. The van der Waals surface area contributed by atoms with Crippen LogP contribution >= 0.6 is 0 Å². The summed E-state index contributed by atoms with van der Waals surface area (Å²) >= 11 is 0. The number of aryl methyl sites for hydroxylation is 1. The lowest BCUT2D eigenvalue weighted by Gasteiger charge is -2.33. The molecular formula is C19H25N5O4S. The number of hydrogen-bond donors (Lipinski definition) is 0. The number of amides is 2. The molecular weight excluding hydrogens is 394 g/mol. The summed E-state index contributed by atoms with van der Waals surface area (Å²) in [6.45, 7) is 3.04. The van der Waals surface area contributed by atoms with E-state index < -0.39 is 10.0 Å². The number of carbonyl (C=O) groups excluding carboxylic acids is 2. The Balaban J connectivity index is 1.74. The fourth-order valence-corrected chi connectivity index (χ4v) is 4.77. The quantitative estimate of drug-likeness (QED) is 0.705. The van der Waals surface area contributed by atoms with Crippen molar-refractivity contribution in [3.63, 3.8) is 0 Å². The molecule has 0 N–H and O–H groups in total. The molecule has 0 saturated carbocycles. The Morgan fingerprint density at radius 3 is 2.45 bits per heavy atom. The number of piperazine rings is 1. The van der Waals surface area contributed by atoms with Crippen LogP contribution in [0.1, 0.15) is 22.8 Å². The predicted octanol–water partition coefficient (Wildman–Crippen LogP) is 0.545. The predicted molar refractivity (Wildman–Crippen MR) is 106 cm³/mol. The number of aromatic nitrogens is 2. The van der Waals surface area contributed by atoms with Crippen LogP contribution in [0.4, 0.5) is 0 Å². The van der Waals surface area contributed by atoms with Gasteiger partial charge in [0.1, 0.15) is 0 Å². The smallest absolute Gasteiger partial charge is 0.253 e. The van der Waals surface area contributed by atoms with Gasteiger partial charge in [-0.3, -0.25) is 14.3 Å². The Kier molecular flexibility index (Phi) is 6.04. The summed E-state index contributed by atoms with van der Waals surface area (Å²) in [6.07, 6.45) is 3.51. The zero-order chi connectivity index (χ0) is 21.2. The summed E-state index contributed by atoms with van der Waals surface area (Å²) in [5.41, 5.74) is 1.19. The van der Waals surface area contributed by atoms with E-state index in [1.54, 1.807) is 42.0 Å². The van der Waals surface area contributed by atoms with Crippen LogP contribution in [0, 0.1) is 0 Å². The van der Waals surface area contributed by atoms with Gasteiger partial charge >= 0.3 is 0 Å². The van der Waals surface area contributed by atoms with Crippen LogP contribution in [-0.4, -0.2) is 77.3 Å². The second-order valence-corrected chi connectivity index (χ2v) is 9.06. The minimum absolute atomic E-state index is 0.0636. The molecule has 3 rings (SSSR count). The van der Waals surface area contributed by atoms with E-state index in [2.05, 4.69) is 5.10 Å². The van der Waals surface area contributed by atoms with E-state index in [9.17, 15) is 18.0 Å². The Bertz CT molecular complexity index is 1010. The van der Waals surface area contributed by atoms with Gasteiger partial charge in [-0.05, 0) is 18.2 Å². The summed E-state index contributed by atoms with van der Waals surface area (Å²) in [7, 11) is -0.271. The van der Waals surface area contributed by atoms with Gasteiger partial charge < -0.3 is 9.80 Å². The summed E-state index contributed by atoms with van der Waals surface area (Å²) in [5.74, 6) is -0.335. The maximum absolute atomic E-state index is 13.0. The summed E-state index contributed by atoms with van der Waals surface area (Å²) in [5, 5.41) is 4.09. The molecule has 0 bridgehead atoms. The molecule has 1 aliphatic heterocycles. The molecule has 1 aromatic carbocycles. The van der Waals surface area contributed by atoms with Gasteiger partial charge in [0.15, 0.2) is 0 Å². The van der Waals surface area contributed by atoms with Crippen molar-refractivity contribution in [2.24, 2.45) is 7.05 Å². The maximum atomic E-state index is 13.0. The second-order valence-electron chi connectivity index (χ2n) is 7.12. The number of hydrogen-bond acceptors (Lipinski definition) is 5. The molecule has 1 aromatic heterocycles. The van der Waals surface area contributed by atoms with Crippen molar-refractivity contribution in [2.45, 2.75) is 18.4 Å². The third-order valence-corrected chi connectivity index (χ3v) is 6.82. The molecule has 1 fully saturated rings. The van der Waals surface area contributed by atoms with Gasteiger partial charge in [0.25, 0.3) is 5.91 Å². The first-order chi connectivity index (χ1) is 13.7. The van der Waals surface area contributed by atoms with Crippen LogP contribution in [0.25, 0.3) is 0 Å². The zero-order valence-electron chi connectivity index (χ0n) is 16.8. The van der Waals surface area contributed by atoms with E-state index in [0.29, 0.717) is 25.2 Å². The fraction of sp³-hybridized carbons (Fsp3) is 0.421. The van der Waals surface area contributed by atoms with Crippen LogP contribution in [0.2, 0.25) is 0 Å². The molecule has 2 aromatic rings. The topological polar surface area (TPSA) is 95.8 Å². The lowest BCUT2D eigenvalue weighted by atomic mass is 10.2. The first kappa shape index (κ1) is 21.0. The average Bonchev–Trinajstić information content (AvgIpc) is 3.12. The lowest BCUT2D eigenvalue weighted by Crippen LogP contribution is -2.49. The SMILES string of the molecule is CC(=O)N1CCN(S(=O)(=O)c2cccc(C(=O)N(C)Cc3cnn(C)c3)c2)CC1. The second kappa shape index (κ2) is 8.34. The van der Waals surface area contributed by atoms with Gasteiger partial charge in [-0.2, -0.15) is 9.40 Å². The third kappa shape index (κ3) is 4.65. The lowest BCUT2D eigenvalue weighted by molar-refractivity contribution is -0.129. The minimum atomic E-state index is -3.74. The highest BCUT2D eigenvalue weighted by Gasteiger charge is 2.29. The van der Waals surface area contributed by atoms with Gasteiger partial charge in [0, 0.05) is 71.1 Å². The van der Waals surface area contributed by atoms with Gasteiger partial charge in [-0.15, -0.1) is 0 Å². The van der Waals surface area contributed by atoms with Crippen molar-refractivity contribution in [3.8, 4) is 0 Å². The molecule has 29 heavy (non-hydrogen) atoms. The van der Waals surface area contributed by atoms with Crippen LogP contribution < -0.4 is 0 Å². The van der Waals surface area contributed by atoms with Crippen molar-refractivity contribution < 1.29 is 18.0 Å². The van der Waals surface area contributed by atoms with Crippen molar-refractivity contribution >= 4 is 21.8 Å². The Labute approximate surface area is 170 Å². The third-order valence-electron chi connectivity index (χ3n) is 4.93. The minimum Gasteiger partial charge on any atom is -0.340 e. The Morgan fingerprint density at radius 2 is 1.86 bits per heavy atom. The molecule has 2 amide bonds. The van der Waals surface area contributed by atoms with Crippen LogP contribution in [0.5, 0.6) is 0 Å². The van der Waals surface area contributed by atoms with E-state index >= 15 is 0 Å². The Morgan fingerprint density at radius 1 is 1.17 bits per heavy atom. The van der Waals surface area contributed by atoms with Crippen molar-refractivity contribution in [2.75, 3.05) is 33.2 Å². The molecule has 0 radical (unpaired) electrons. The summed E-state index contributed by atoms with van der Waals surface area (Å²) in [4.78, 5) is 27.5. The van der Waals surface area contributed by atoms with Gasteiger partial charge in [0.05, 0.1) is 11.1 Å². The van der Waals surface area contributed by atoms with Crippen LogP contribution in [-0.2, 0) is 28.4 Å². The molecule has 10 heteroatoms. The number of carbonyl (C=O) groups is 2. The monoisotopic (exact) mass is 419 g/mol. The van der Waals surface area contributed by atoms with E-state index in [1.807, 2.05) is 6.20 Å². The molecule has 1 aliphatic rings. The normalized spacial score (nSPS) is 15.3. The van der Waals surface area contributed by atoms with E-state index in [1.165, 1.54) is 28.3 Å². The van der Waals surface area contributed by atoms with Gasteiger partial charge in [-0.1, -0.05) is 6.07 Å². The largest absolute Gasteiger partial charge is 0.340 e. The van der Waals surface area contributed by atoms with Crippen LogP contribution in [0.15, 0.2) is 41.6 Å². The molecule has 0 unspecified atom stereocenters. The highest BCUT2D eigenvalue weighted by Crippen LogP contribution is 2.20. The van der Waals surface area contributed by atoms with Crippen molar-refractivity contribution in [1.82, 2.24) is 23.9 Å². The molecule has 2 heterocycles. The first-order valence-electron chi connectivity index (χ1n) is 9.27. The number of sulfonamides is 1. The molecule has 1 saturated heterocycles.